The average molecular weight is 288 g/mol. The first-order valence-corrected chi connectivity index (χ1v) is 7.98. The third kappa shape index (κ3) is 3.56. The molecule has 4 nitrogen and oxygen atoms in total. The largest absolute Gasteiger partial charge is 0.375 e. The van der Waals surface area contributed by atoms with Crippen LogP contribution in [0.4, 0.5) is 4.79 Å². The maximum Gasteiger partial charge on any atom is 0.317 e. The summed E-state index contributed by atoms with van der Waals surface area (Å²) in [5.74, 6) is 0. The number of likely N-dealkylation sites (tertiary alicyclic amines) is 1. The number of nitrogens with zero attached hydrogens (tertiary/aromatic N) is 1. The monoisotopic (exact) mass is 288 g/mol. The molecular formula is C17H24N2O2. The number of piperidine rings is 1. The standard InChI is InChI=1S/C17H24N2O2/c20-16(18-14-15-6-2-1-3-7-15)19-11-9-17(10-12-19)8-4-5-13-21-17/h1-3,6-7H,4-5,8-14H2,(H,18,20). The van der Waals surface area contributed by atoms with Crippen LogP contribution >= 0.6 is 0 Å². The van der Waals surface area contributed by atoms with Gasteiger partial charge in [-0.05, 0) is 37.7 Å². The summed E-state index contributed by atoms with van der Waals surface area (Å²) < 4.78 is 6.01. The van der Waals surface area contributed by atoms with E-state index in [0.29, 0.717) is 6.54 Å². The fourth-order valence-electron chi connectivity index (χ4n) is 3.31. The van der Waals surface area contributed by atoms with Gasteiger partial charge in [-0.15, -0.1) is 0 Å². The summed E-state index contributed by atoms with van der Waals surface area (Å²) in [6, 6.07) is 10.1. The fraction of sp³-hybridized carbons (Fsp3) is 0.588. The van der Waals surface area contributed by atoms with Crippen LogP contribution in [0.15, 0.2) is 30.3 Å². The molecule has 0 atom stereocenters. The number of rotatable bonds is 2. The van der Waals surface area contributed by atoms with Crippen molar-refractivity contribution in [3.63, 3.8) is 0 Å². The molecule has 0 bridgehead atoms. The van der Waals surface area contributed by atoms with Gasteiger partial charge in [0.05, 0.1) is 5.60 Å². The zero-order valence-electron chi connectivity index (χ0n) is 12.5. The Morgan fingerprint density at radius 2 is 1.90 bits per heavy atom. The van der Waals surface area contributed by atoms with E-state index >= 15 is 0 Å². The van der Waals surface area contributed by atoms with E-state index in [1.54, 1.807) is 0 Å². The number of nitrogens with one attached hydrogen (secondary N) is 1. The molecule has 2 fully saturated rings. The van der Waals surface area contributed by atoms with Crippen molar-refractivity contribution in [1.82, 2.24) is 10.2 Å². The van der Waals surface area contributed by atoms with Crippen molar-refractivity contribution in [2.24, 2.45) is 0 Å². The van der Waals surface area contributed by atoms with Crippen LogP contribution in [-0.2, 0) is 11.3 Å². The molecule has 2 aliphatic heterocycles. The number of ether oxygens (including phenoxy) is 1. The summed E-state index contributed by atoms with van der Waals surface area (Å²) >= 11 is 0. The summed E-state index contributed by atoms with van der Waals surface area (Å²) in [7, 11) is 0. The second-order valence-corrected chi connectivity index (χ2v) is 6.12. The van der Waals surface area contributed by atoms with Crippen molar-refractivity contribution in [3.05, 3.63) is 35.9 Å². The first kappa shape index (κ1) is 14.4. The van der Waals surface area contributed by atoms with Crippen molar-refractivity contribution in [2.45, 2.75) is 44.2 Å². The second-order valence-electron chi connectivity index (χ2n) is 6.12. The van der Waals surface area contributed by atoms with Gasteiger partial charge >= 0.3 is 6.03 Å². The number of urea groups is 1. The topological polar surface area (TPSA) is 41.6 Å². The normalized spacial score (nSPS) is 21.2. The molecular weight excluding hydrogens is 264 g/mol. The Bertz CT molecular complexity index is 459. The maximum absolute atomic E-state index is 12.2. The first-order chi connectivity index (χ1) is 10.3. The molecule has 1 N–H and O–H groups in total. The number of hydrogen-bond acceptors (Lipinski definition) is 2. The third-order valence-electron chi connectivity index (χ3n) is 4.68. The van der Waals surface area contributed by atoms with E-state index in [9.17, 15) is 4.79 Å². The average Bonchev–Trinajstić information content (AvgIpc) is 2.55. The molecule has 0 unspecified atom stereocenters. The number of carbonyl (C=O) groups excluding carboxylic acids is 1. The molecule has 0 saturated carbocycles. The highest BCUT2D eigenvalue weighted by atomic mass is 16.5. The van der Waals surface area contributed by atoms with Crippen LogP contribution < -0.4 is 5.32 Å². The lowest BCUT2D eigenvalue weighted by molar-refractivity contribution is -0.106. The van der Waals surface area contributed by atoms with Crippen LogP contribution in [0.2, 0.25) is 0 Å². The number of benzene rings is 1. The molecule has 2 heterocycles. The van der Waals surface area contributed by atoms with Crippen molar-refractivity contribution in [3.8, 4) is 0 Å². The summed E-state index contributed by atoms with van der Waals surface area (Å²) in [6.45, 7) is 3.10. The molecule has 21 heavy (non-hydrogen) atoms. The molecule has 1 aromatic carbocycles. The van der Waals surface area contributed by atoms with Gasteiger partial charge in [0, 0.05) is 26.2 Å². The predicted molar refractivity (Wildman–Crippen MR) is 82.0 cm³/mol. The highest BCUT2D eigenvalue weighted by molar-refractivity contribution is 5.74. The Labute approximate surface area is 126 Å². The van der Waals surface area contributed by atoms with Crippen LogP contribution in [0.5, 0.6) is 0 Å². The lowest BCUT2D eigenvalue weighted by Crippen LogP contribution is -2.51. The second kappa shape index (κ2) is 6.48. The Morgan fingerprint density at radius 3 is 2.57 bits per heavy atom. The summed E-state index contributed by atoms with van der Waals surface area (Å²) in [6.07, 6.45) is 5.56. The van der Waals surface area contributed by atoms with E-state index in [4.69, 9.17) is 4.74 Å². The van der Waals surface area contributed by atoms with E-state index in [1.807, 2.05) is 35.2 Å². The summed E-state index contributed by atoms with van der Waals surface area (Å²) in [4.78, 5) is 14.1. The zero-order valence-corrected chi connectivity index (χ0v) is 12.5. The minimum atomic E-state index is 0.0458. The minimum Gasteiger partial charge on any atom is -0.375 e. The lowest BCUT2D eigenvalue weighted by atomic mass is 9.84. The third-order valence-corrected chi connectivity index (χ3v) is 4.68. The van der Waals surface area contributed by atoms with E-state index < -0.39 is 0 Å². The summed E-state index contributed by atoms with van der Waals surface area (Å²) in [5, 5.41) is 3.01. The Balaban J connectivity index is 1.46. The molecule has 3 rings (SSSR count). The van der Waals surface area contributed by atoms with Gasteiger partial charge in [-0.25, -0.2) is 4.79 Å². The molecule has 0 aromatic heterocycles. The SMILES string of the molecule is O=C(NCc1ccccc1)N1CCC2(CCCCO2)CC1. The molecule has 2 aliphatic rings. The number of hydrogen-bond donors (Lipinski definition) is 1. The van der Waals surface area contributed by atoms with E-state index in [1.165, 1.54) is 12.8 Å². The van der Waals surface area contributed by atoms with Crippen molar-refractivity contribution in [1.29, 1.82) is 0 Å². The first-order valence-electron chi connectivity index (χ1n) is 7.98. The highest BCUT2D eigenvalue weighted by Gasteiger charge is 2.37. The molecule has 1 aromatic rings. The smallest absolute Gasteiger partial charge is 0.317 e. The van der Waals surface area contributed by atoms with Gasteiger partial charge in [0.25, 0.3) is 0 Å². The van der Waals surface area contributed by atoms with Crippen molar-refractivity contribution < 1.29 is 9.53 Å². The van der Waals surface area contributed by atoms with Crippen molar-refractivity contribution >= 4 is 6.03 Å². The molecule has 1 spiro atoms. The molecule has 0 aliphatic carbocycles. The van der Waals surface area contributed by atoms with Crippen molar-refractivity contribution in [2.75, 3.05) is 19.7 Å². The van der Waals surface area contributed by atoms with Crippen LogP contribution in [0.25, 0.3) is 0 Å². The van der Waals surface area contributed by atoms with Gasteiger partial charge in [-0.2, -0.15) is 0 Å². The van der Waals surface area contributed by atoms with Crippen LogP contribution in [0.1, 0.15) is 37.7 Å². The van der Waals surface area contributed by atoms with E-state index in [0.717, 1.165) is 44.5 Å². The van der Waals surface area contributed by atoms with Crippen LogP contribution in [0.3, 0.4) is 0 Å². The van der Waals surface area contributed by atoms with E-state index in [-0.39, 0.29) is 11.6 Å². The van der Waals surface area contributed by atoms with Gasteiger partial charge in [-0.3, -0.25) is 0 Å². The van der Waals surface area contributed by atoms with Gasteiger partial charge in [0.1, 0.15) is 0 Å². The van der Waals surface area contributed by atoms with Crippen LogP contribution in [0, 0.1) is 0 Å². The molecule has 4 heteroatoms. The lowest BCUT2D eigenvalue weighted by Gasteiger charge is -2.43. The van der Waals surface area contributed by atoms with Gasteiger partial charge in [0.2, 0.25) is 0 Å². The number of carbonyl (C=O) groups is 1. The van der Waals surface area contributed by atoms with E-state index in [2.05, 4.69) is 5.32 Å². The highest BCUT2D eigenvalue weighted by Crippen LogP contribution is 2.34. The Morgan fingerprint density at radius 1 is 1.14 bits per heavy atom. The predicted octanol–water partition coefficient (Wildman–Crippen LogP) is 2.93. The number of amides is 2. The quantitative estimate of drug-likeness (QED) is 0.909. The summed E-state index contributed by atoms with van der Waals surface area (Å²) in [5.41, 5.74) is 1.20. The zero-order chi connectivity index (χ0) is 14.5. The fourth-order valence-corrected chi connectivity index (χ4v) is 3.31. The van der Waals surface area contributed by atoms with Gasteiger partial charge in [0.15, 0.2) is 0 Å². The van der Waals surface area contributed by atoms with Gasteiger partial charge in [-0.1, -0.05) is 30.3 Å². The maximum atomic E-state index is 12.2. The minimum absolute atomic E-state index is 0.0458. The molecule has 114 valence electrons. The Hall–Kier alpha value is -1.55. The van der Waals surface area contributed by atoms with Crippen LogP contribution in [-0.4, -0.2) is 36.2 Å². The Kier molecular flexibility index (Phi) is 4.44. The molecule has 2 amide bonds. The molecule has 2 saturated heterocycles. The molecule has 0 radical (unpaired) electrons. The van der Waals surface area contributed by atoms with Gasteiger partial charge < -0.3 is 15.0 Å².